The Bertz CT molecular complexity index is 1260. The quantitative estimate of drug-likeness (QED) is 0.524. The van der Waals surface area contributed by atoms with Gasteiger partial charge < -0.3 is 5.32 Å². The molecule has 2 amide bonds. The van der Waals surface area contributed by atoms with Gasteiger partial charge in [-0.05, 0) is 48.9 Å². The zero-order valence-corrected chi connectivity index (χ0v) is 17.2. The van der Waals surface area contributed by atoms with Gasteiger partial charge >= 0.3 is 6.03 Å². The smallest absolute Gasteiger partial charge is 0.307 e. The summed E-state index contributed by atoms with van der Waals surface area (Å²) in [7, 11) is -7.99. The van der Waals surface area contributed by atoms with Crippen LogP contribution in [0.3, 0.4) is 0 Å². The summed E-state index contributed by atoms with van der Waals surface area (Å²) >= 11 is 0. The molecule has 0 unspecified atom stereocenters. The molecule has 0 aliphatic heterocycles. The van der Waals surface area contributed by atoms with E-state index in [0.717, 1.165) is 0 Å². The van der Waals surface area contributed by atoms with Crippen LogP contribution in [-0.2, 0) is 20.0 Å². The fourth-order valence-electron chi connectivity index (χ4n) is 2.44. The number of hydrogen-bond donors (Lipinski definition) is 3. The number of nitrogens with one attached hydrogen (secondary N) is 3. The molecular weight excluding hydrogens is 430 g/mol. The summed E-state index contributed by atoms with van der Waals surface area (Å²) in [5, 5.41) is 2.35. The van der Waals surface area contributed by atoms with Crippen LogP contribution in [0.2, 0.25) is 0 Å². The Labute approximate surface area is 173 Å². The lowest BCUT2D eigenvalue weighted by Crippen LogP contribution is -2.34. The molecular formula is C18H17N5O5S2. The van der Waals surface area contributed by atoms with Crippen molar-refractivity contribution in [1.82, 2.24) is 14.7 Å². The number of hydrogen-bond acceptors (Lipinski definition) is 7. The van der Waals surface area contributed by atoms with Gasteiger partial charge in [0.25, 0.3) is 20.0 Å². The molecule has 3 rings (SSSR count). The molecule has 0 saturated heterocycles. The van der Waals surface area contributed by atoms with Crippen LogP contribution < -0.4 is 14.8 Å². The topological polar surface area (TPSA) is 147 Å². The van der Waals surface area contributed by atoms with Crippen molar-refractivity contribution in [3.63, 3.8) is 0 Å². The number of aryl methyl sites for hydroxylation is 1. The summed E-state index contributed by atoms with van der Waals surface area (Å²) in [6, 6.07) is 11.9. The molecule has 0 bridgehead atoms. The fourth-order valence-corrected chi connectivity index (χ4v) is 4.55. The van der Waals surface area contributed by atoms with Gasteiger partial charge in [-0.3, -0.25) is 0 Å². The Morgan fingerprint density at radius 1 is 0.833 bits per heavy atom. The Hall–Kier alpha value is -3.51. The van der Waals surface area contributed by atoms with Crippen molar-refractivity contribution in [2.24, 2.45) is 0 Å². The van der Waals surface area contributed by atoms with Crippen molar-refractivity contribution < 1.29 is 21.6 Å². The molecule has 2 aromatic carbocycles. The van der Waals surface area contributed by atoms with E-state index >= 15 is 0 Å². The average molecular weight is 447 g/mol. The van der Waals surface area contributed by atoms with E-state index in [1.807, 2.05) is 4.72 Å². The number of carbonyl (C=O) groups excluding carboxylic acids is 1. The highest BCUT2D eigenvalue weighted by Crippen LogP contribution is 2.17. The second-order valence-electron chi connectivity index (χ2n) is 6.03. The van der Waals surface area contributed by atoms with E-state index in [2.05, 4.69) is 20.0 Å². The van der Waals surface area contributed by atoms with E-state index < -0.39 is 26.1 Å². The number of benzene rings is 2. The maximum Gasteiger partial charge on any atom is 0.333 e. The first kappa shape index (κ1) is 21.2. The van der Waals surface area contributed by atoms with Gasteiger partial charge in [-0.1, -0.05) is 18.2 Å². The average Bonchev–Trinajstić information content (AvgIpc) is 2.68. The zero-order valence-electron chi connectivity index (χ0n) is 15.6. The highest BCUT2D eigenvalue weighted by Gasteiger charge is 2.20. The van der Waals surface area contributed by atoms with Gasteiger partial charge in [-0.25, -0.2) is 41.0 Å². The molecule has 1 heterocycles. The van der Waals surface area contributed by atoms with E-state index in [4.69, 9.17) is 0 Å². The standard InChI is InChI=1S/C18H17N5O5S2/c1-13-5-2-3-6-16(13)30(27,28)23-18(24)21-14-7-9-15(10-8-14)29(25,26)22-17-19-11-4-12-20-17/h2-12H,1H3,(H,19,20,22)(H2,21,23,24). The van der Waals surface area contributed by atoms with E-state index in [1.54, 1.807) is 31.2 Å². The van der Waals surface area contributed by atoms with Gasteiger partial charge in [0, 0.05) is 18.1 Å². The molecule has 30 heavy (non-hydrogen) atoms. The van der Waals surface area contributed by atoms with E-state index in [9.17, 15) is 21.6 Å². The highest BCUT2D eigenvalue weighted by molar-refractivity contribution is 7.92. The minimum absolute atomic E-state index is 0.0178. The molecule has 0 spiro atoms. The Morgan fingerprint density at radius 2 is 1.47 bits per heavy atom. The van der Waals surface area contributed by atoms with Crippen LogP contribution >= 0.6 is 0 Å². The number of nitrogens with zero attached hydrogens (tertiary/aromatic N) is 2. The summed E-state index contributed by atoms with van der Waals surface area (Å²) in [5.41, 5.74) is 0.685. The second-order valence-corrected chi connectivity index (χ2v) is 9.36. The van der Waals surface area contributed by atoms with Crippen molar-refractivity contribution in [1.29, 1.82) is 0 Å². The summed E-state index contributed by atoms with van der Waals surface area (Å²) in [4.78, 5) is 19.6. The number of carbonyl (C=O) groups is 1. The van der Waals surface area contributed by atoms with Crippen LogP contribution in [0.4, 0.5) is 16.4 Å². The molecule has 3 N–H and O–H groups in total. The van der Waals surface area contributed by atoms with Gasteiger partial charge in [0.2, 0.25) is 5.95 Å². The molecule has 0 aliphatic rings. The number of rotatable bonds is 6. The van der Waals surface area contributed by atoms with Crippen LogP contribution in [0.25, 0.3) is 0 Å². The monoisotopic (exact) mass is 447 g/mol. The minimum atomic E-state index is -4.06. The van der Waals surface area contributed by atoms with Gasteiger partial charge in [-0.2, -0.15) is 0 Å². The fraction of sp³-hybridized carbons (Fsp3) is 0.0556. The molecule has 1 aromatic heterocycles. The lowest BCUT2D eigenvalue weighted by Gasteiger charge is -2.11. The first-order valence-electron chi connectivity index (χ1n) is 8.47. The first-order chi connectivity index (χ1) is 14.2. The van der Waals surface area contributed by atoms with Crippen molar-refractivity contribution in [3.05, 3.63) is 72.6 Å². The van der Waals surface area contributed by atoms with Gasteiger partial charge in [0.1, 0.15) is 0 Å². The van der Waals surface area contributed by atoms with Crippen molar-refractivity contribution >= 4 is 37.7 Å². The maximum absolute atomic E-state index is 12.3. The van der Waals surface area contributed by atoms with Crippen LogP contribution in [0.15, 0.2) is 76.8 Å². The van der Waals surface area contributed by atoms with Gasteiger partial charge in [0.05, 0.1) is 9.79 Å². The second kappa shape index (κ2) is 8.47. The summed E-state index contributed by atoms with van der Waals surface area (Å²) in [5.74, 6) is -0.0829. The molecule has 0 radical (unpaired) electrons. The highest BCUT2D eigenvalue weighted by atomic mass is 32.2. The number of urea groups is 1. The maximum atomic E-state index is 12.3. The van der Waals surface area contributed by atoms with Crippen LogP contribution in [0, 0.1) is 6.92 Å². The molecule has 12 heteroatoms. The largest absolute Gasteiger partial charge is 0.333 e. The summed E-state index contributed by atoms with van der Waals surface area (Å²) < 4.78 is 53.5. The zero-order chi connectivity index (χ0) is 21.8. The minimum Gasteiger partial charge on any atom is -0.307 e. The number of amides is 2. The molecule has 156 valence electrons. The van der Waals surface area contributed by atoms with E-state index in [-0.39, 0.29) is 21.4 Å². The summed E-state index contributed by atoms with van der Waals surface area (Å²) in [6.07, 6.45) is 2.78. The van der Waals surface area contributed by atoms with Crippen LogP contribution in [-0.4, -0.2) is 32.8 Å². The third kappa shape index (κ3) is 5.10. The SMILES string of the molecule is Cc1ccccc1S(=O)(=O)NC(=O)Nc1ccc(S(=O)(=O)Nc2ncccn2)cc1. The van der Waals surface area contributed by atoms with E-state index in [0.29, 0.717) is 5.56 Å². The summed E-state index contributed by atoms with van der Waals surface area (Å²) in [6.45, 7) is 1.61. The van der Waals surface area contributed by atoms with Crippen LogP contribution in [0.1, 0.15) is 5.56 Å². The number of sulfonamides is 2. The molecule has 3 aromatic rings. The Morgan fingerprint density at radius 3 is 2.10 bits per heavy atom. The van der Waals surface area contributed by atoms with Crippen molar-refractivity contribution in [3.8, 4) is 0 Å². The van der Waals surface area contributed by atoms with Crippen molar-refractivity contribution in [2.45, 2.75) is 16.7 Å². The van der Waals surface area contributed by atoms with E-state index in [1.165, 1.54) is 42.7 Å². The molecule has 0 saturated carbocycles. The number of anilines is 2. The third-order valence-electron chi connectivity index (χ3n) is 3.82. The molecule has 0 aliphatic carbocycles. The third-order valence-corrected chi connectivity index (χ3v) is 6.66. The Kier molecular flexibility index (Phi) is 5.99. The molecule has 0 fully saturated rings. The predicted octanol–water partition coefficient (Wildman–Crippen LogP) is 2.10. The lowest BCUT2D eigenvalue weighted by molar-refractivity contribution is 0.256. The van der Waals surface area contributed by atoms with Crippen molar-refractivity contribution in [2.75, 3.05) is 10.0 Å². The predicted molar refractivity (Wildman–Crippen MR) is 110 cm³/mol. The van der Waals surface area contributed by atoms with Crippen LogP contribution in [0.5, 0.6) is 0 Å². The normalized spacial score (nSPS) is 11.5. The van der Waals surface area contributed by atoms with Gasteiger partial charge in [-0.15, -0.1) is 0 Å². The molecule has 0 atom stereocenters. The molecule has 10 nitrogen and oxygen atoms in total. The first-order valence-corrected chi connectivity index (χ1v) is 11.4. The number of aromatic nitrogens is 2. The lowest BCUT2D eigenvalue weighted by atomic mass is 10.2. The van der Waals surface area contributed by atoms with Gasteiger partial charge in [0.15, 0.2) is 0 Å². The Balaban J connectivity index is 1.68.